The number of hydrogen-bond acceptors (Lipinski definition) is 3. The number of nitrogens with one attached hydrogen (secondary N) is 1. The van der Waals surface area contributed by atoms with Crippen LogP contribution in [0.4, 0.5) is 0 Å². The Morgan fingerprint density at radius 2 is 2.15 bits per heavy atom. The zero-order chi connectivity index (χ0) is 14.8. The molecule has 1 unspecified atom stereocenters. The zero-order valence-electron chi connectivity index (χ0n) is 11.3. The van der Waals surface area contributed by atoms with Gasteiger partial charge in [0.1, 0.15) is 4.90 Å². The van der Waals surface area contributed by atoms with Gasteiger partial charge in [-0.3, -0.25) is 0 Å². The van der Waals surface area contributed by atoms with Crippen LogP contribution in [-0.2, 0) is 10.0 Å². The van der Waals surface area contributed by atoms with Crippen molar-refractivity contribution in [1.82, 2.24) is 9.62 Å². The minimum atomic E-state index is -3.61. The molecule has 1 aromatic carbocycles. The van der Waals surface area contributed by atoms with Crippen molar-refractivity contribution in [2.24, 2.45) is 0 Å². The van der Waals surface area contributed by atoms with Gasteiger partial charge in [0.2, 0.25) is 10.0 Å². The first kappa shape index (κ1) is 16.0. The smallest absolute Gasteiger partial charge is 0.244 e. The molecule has 112 valence electrons. The SMILES string of the molecule is CCN(CC1CCCN1)S(=O)(=O)c1cc(Cl)ccc1Cl. The third kappa shape index (κ3) is 3.46. The Hall–Kier alpha value is -0.330. The average Bonchev–Trinajstić information content (AvgIpc) is 2.91. The molecule has 2 rings (SSSR count). The second-order valence-electron chi connectivity index (χ2n) is 4.82. The second-order valence-corrected chi connectivity index (χ2v) is 7.57. The van der Waals surface area contributed by atoms with Crippen molar-refractivity contribution in [3.8, 4) is 0 Å². The minimum Gasteiger partial charge on any atom is -0.313 e. The highest BCUT2D eigenvalue weighted by Gasteiger charge is 2.29. The molecule has 1 aliphatic rings. The third-order valence-electron chi connectivity index (χ3n) is 3.45. The summed E-state index contributed by atoms with van der Waals surface area (Å²) in [5, 5.41) is 3.87. The fourth-order valence-corrected chi connectivity index (χ4v) is 4.60. The van der Waals surface area contributed by atoms with E-state index in [0.29, 0.717) is 18.1 Å². The van der Waals surface area contributed by atoms with Crippen LogP contribution in [0.1, 0.15) is 19.8 Å². The minimum absolute atomic E-state index is 0.0755. The summed E-state index contributed by atoms with van der Waals surface area (Å²) in [4.78, 5) is 0.0755. The average molecular weight is 337 g/mol. The van der Waals surface area contributed by atoms with Crippen molar-refractivity contribution in [3.63, 3.8) is 0 Å². The van der Waals surface area contributed by atoms with E-state index in [9.17, 15) is 8.42 Å². The van der Waals surface area contributed by atoms with Gasteiger partial charge in [0.25, 0.3) is 0 Å². The highest BCUT2D eigenvalue weighted by atomic mass is 35.5. The normalized spacial score (nSPS) is 19.7. The third-order valence-corrected chi connectivity index (χ3v) is 6.11. The summed E-state index contributed by atoms with van der Waals surface area (Å²) < 4.78 is 26.8. The van der Waals surface area contributed by atoms with Crippen LogP contribution in [0.3, 0.4) is 0 Å². The number of rotatable bonds is 5. The molecule has 1 fully saturated rings. The Morgan fingerprint density at radius 1 is 1.40 bits per heavy atom. The van der Waals surface area contributed by atoms with Gasteiger partial charge in [-0.1, -0.05) is 30.1 Å². The maximum absolute atomic E-state index is 12.7. The molecular formula is C13H18Cl2N2O2S. The molecule has 0 amide bonds. The highest BCUT2D eigenvalue weighted by molar-refractivity contribution is 7.89. The van der Waals surface area contributed by atoms with Crippen LogP contribution < -0.4 is 5.32 Å². The van der Waals surface area contributed by atoms with E-state index in [1.807, 2.05) is 6.92 Å². The van der Waals surface area contributed by atoms with Gasteiger partial charge in [-0.15, -0.1) is 0 Å². The van der Waals surface area contributed by atoms with Crippen molar-refractivity contribution in [2.75, 3.05) is 19.6 Å². The van der Waals surface area contributed by atoms with Gasteiger partial charge in [0.15, 0.2) is 0 Å². The number of halogens is 2. The Kier molecular flexibility index (Phi) is 5.31. The molecule has 0 radical (unpaired) electrons. The molecule has 0 bridgehead atoms. The predicted octanol–water partition coefficient (Wildman–Crippen LogP) is 2.76. The summed E-state index contributed by atoms with van der Waals surface area (Å²) in [7, 11) is -3.61. The lowest BCUT2D eigenvalue weighted by Gasteiger charge is -2.24. The molecule has 1 saturated heterocycles. The van der Waals surface area contributed by atoms with Crippen molar-refractivity contribution < 1.29 is 8.42 Å². The summed E-state index contributed by atoms with van der Waals surface area (Å²) in [5.41, 5.74) is 0. The molecule has 1 heterocycles. The van der Waals surface area contributed by atoms with E-state index >= 15 is 0 Å². The van der Waals surface area contributed by atoms with Crippen molar-refractivity contribution in [1.29, 1.82) is 0 Å². The summed E-state index contributed by atoms with van der Waals surface area (Å²) in [6.45, 7) is 3.64. The number of hydrogen-bond donors (Lipinski definition) is 1. The van der Waals surface area contributed by atoms with Gasteiger partial charge in [0.05, 0.1) is 5.02 Å². The lowest BCUT2D eigenvalue weighted by atomic mass is 10.2. The summed E-state index contributed by atoms with van der Waals surface area (Å²) in [6.07, 6.45) is 2.08. The number of nitrogens with zero attached hydrogens (tertiary/aromatic N) is 1. The van der Waals surface area contributed by atoms with Gasteiger partial charge < -0.3 is 5.32 Å². The first-order chi connectivity index (χ1) is 9.45. The molecule has 1 N–H and O–H groups in total. The lowest BCUT2D eigenvalue weighted by molar-refractivity contribution is 0.383. The van der Waals surface area contributed by atoms with Crippen LogP contribution in [0.25, 0.3) is 0 Å². The number of benzene rings is 1. The van der Waals surface area contributed by atoms with Crippen molar-refractivity contribution in [3.05, 3.63) is 28.2 Å². The van der Waals surface area contributed by atoms with Gasteiger partial charge in [-0.2, -0.15) is 4.31 Å². The topological polar surface area (TPSA) is 49.4 Å². The Balaban J connectivity index is 2.28. The molecule has 4 nitrogen and oxygen atoms in total. The van der Waals surface area contributed by atoms with Crippen LogP contribution in [0.5, 0.6) is 0 Å². The molecular weight excluding hydrogens is 319 g/mol. The van der Waals surface area contributed by atoms with Crippen LogP contribution in [-0.4, -0.2) is 38.4 Å². The van der Waals surface area contributed by atoms with E-state index in [2.05, 4.69) is 5.32 Å². The second kappa shape index (κ2) is 6.62. The number of sulfonamides is 1. The van der Waals surface area contributed by atoms with Gasteiger partial charge >= 0.3 is 0 Å². The summed E-state index contributed by atoms with van der Waals surface area (Å²) >= 11 is 11.9. The molecule has 1 atom stereocenters. The molecule has 0 aromatic heterocycles. The summed E-state index contributed by atoms with van der Waals surface area (Å²) in [5.74, 6) is 0. The van der Waals surface area contributed by atoms with Crippen LogP contribution in [0.2, 0.25) is 10.0 Å². The number of likely N-dealkylation sites (N-methyl/N-ethyl adjacent to an activating group) is 1. The molecule has 7 heteroatoms. The Morgan fingerprint density at radius 3 is 2.75 bits per heavy atom. The van der Waals surface area contributed by atoms with Crippen LogP contribution in [0, 0.1) is 0 Å². The fourth-order valence-electron chi connectivity index (χ4n) is 2.37. The van der Waals surface area contributed by atoms with Crippen molar-refractivity contribution >= 4 is 33.2 Å². The van der Waals surface area contributed by atoms with Crippen LogP contribution in [0.15, 0.2) is 23.1 Å². The molecule has 20 heavy (non-hydrogen) atoms. The van der Waals surface area contributed by atoms with E-state index in [0.717, 1.165) is 19.4 Å². The van der Waals surface area contributed by atoms with E-state index in [-0.39, 0.29) is 16.0 Å². The summed E-state index contributed by atoms with van der Waals surface area (Å²) in [6, 6.07) is 4.71. The Bertz CT molecular complexity index is 572. The van der Waals surface area contributed by atoms with Gasteiger partial charge in [0, 0.05) is 24.2 Å². The molecule has 1 aromatic rings. The van der Waals surface area contributed by atoms with Crippen LogP contribution >= 0.6 is 23.2 Å². The lowest BCUT2D eigenvalue weighted by Crippen LogP contribution is -2.41. The largest absolute Gasteiger partial charge is 0.313 e. The van der Waals surface area contributed by atoms with E-state index in [4.69, 9.17) is 23.2 Å². The first-order valence-electron chi connectivity index (χ1n) is 6.63. The quantitative estimate of drug-likeness (QED) is 0.899. The zero-order valence-corrected chi connectivity index (χ0v) is 13.6. The first-order valence-corrected chi connectivity index (χ1v) is 8.83. The Labute approximate surface area is 130 Å². The predicted molar refractivity (Wildman–Crippen MR) is 81.9 cm³/mol. The molecule has 1 aliphatic heterocycles. The monoisotopic (exact) mass is 336 g/mol. The molecule has 0 spiro atoms. The molecule has 0 aliphatic carbocycles. The maximum atomic E-state index is 12.7. The van der Waals surface area contributed by atoms with E-state index in [1.54, 1.807) is 6.07 Å². The van der Waals surface area contributed by atoms with Gasteiger partial charge in [-0.05, 0) is 37.6 Å². The fraction of sp³-hybridized carbons (Fsp3) is 0.538. The van der Waals surface area contributed by atoms with E-state index < -0.39 is 10.0 Å². The molecule has 0 saturated carbocycles. The highest BCUT2D eigenvalue weighted by Crippen LogP contribution is 2.28. The maximum Gasteiger partial charge on any atom is 0.244 e. The van der Waals surface area contributed by atoms with Crippen molar-refractivity contribution in [2.45, 2.75) is 30.7 Å². The van der Waals surface area contributed by atoms with E-state index in [1.165, 1.54) is 16.4 Å². The van der Waals surface area contributed by atoms with Gasteiger partial charge in [-0.25, -0.2) is 8.42 Å². The standard InChI is InChI=1S/C13H18Cl2N2O2S/c1-2-17(9-11-4-3-7-16-11)20(18,19)13-8-10(14)5-6-12(13)15/h5-6,8,11,16H,2-4,7,9H2,1H3.